The summed E-state index contributed by atoms with van der Waals surface area (Å²) in [6, 6.07) is 8.76. The summed E-state index contributed by atoms with van der Waals surface area (Å²) < 4.78 is 3.03. The number of guanidine groups is 1. The minimum absolute atomic E-state index is 0.173. The third-order valence-electron chi connectivity index (χ3n) is 5.38. The summed E-state index contributed by atoms with van der Waals surface area (Å²) in [5.74, 6) is 0.872. The van der Waals surface area contributed by atoms with Gasteiger partial charge in [-0.3, -0.25) is 9.67 Å². The predicted molar refractivity (Wildman–Crippen MR) is 119 cm³/mol. The lowest BCUT2D eigenvalue weighted by atomic mass is 9.96. The largest absolute Gasteiger partial charge is 0.357 e. The van der Waals surface area contributed by atoms with E-state index in [9.17, 15) is 0 Å². The zero-order chi connectivity index (χ0) is 20.1. The first kappa shape index (κ1) is 20.9. The Morgan fingerprint density at radius 3 is 2.64 bits per heavy atom. The summed E-state index contributed by atoms with van der Waals surface area (Å²) >= 11 is 3.71. The highest BCUT2D eigenvalue weighted by Gasteiger charge is 2.45. The zero-order valence-electron chi connectivity index (χ0n) is 17.2. The van der Waals surface area contributed by atoms with E-state index in [1.54, 1.807) is 0 Å². The second-order valence-electron chi connectivity index (χ2n) is 7.76. The monoisotopic (exact) mass is 446 g/mol. The van der Waals surface area contributed by atoms with Crippen LogP contribution in [0, 0.1) is 0 Å². The van der Waals surface area contributed by atoms with Gasteiger partial charge >= 0.3 is 0 Å². The number of halogens is 1. The molecule has 3 rings (SSSR count). The Balaban J connectivity index is 1.68. The molecule has 1 atom stereocenters. The molecule has 1 unspecified atom stereocenters. The van der Waals surface area contributed by atoms with Crippen molar-refractivity contribution in [3.8, 4) is 0 Å². The number of rotatable bonds is 8. The predicted octanol–water partition coefficient (Wildman–Crippen LogP) is 3.07. The van der Waals surface area contributed by atoms with E-state index in [0.29, 0.717) is 0 Å². The topological polar surface area (TPSA) is 57.5 Å². The maximum absolute atomic E-state index is 4.93. The molecule has 0 saturated heterocycles. The van der Waals surface area contributed by atoms with Crippen molar-refractivity contribution in [2.75, 3.05) is 33.7 Å². The molecule has 1 aromatic heterocycles. The van der Waals surface area contributed by atoms with Crippen molar-refractivity contribution in [2.24, 2.45) is 12.0 Å². The number of aryl methyl sites for hydroxylation is 1. The molecule has 1 aliphatic carbocycles. The van der Waals surface area contributed by atoms with Gasteiger partial charge < -0.3 is 15.5 Å². The van der Waals surface area contributed by atoms with Gasteiger partial charge in [-0.1, -0.05) is 34.1 Å². The minimum Gasteiger partial charge on any atom is -0.357 e. The van der Waals surface area contributed by atoms with Crippen LogP contribution in [0.1, 0.15) is 36.9 Å². The quantitative estimate of drug-likeness (QED) is 0.483. The van der Waals surface area contributed by atoms with E-state index in [1.807, 2.05) is 17.9 Å². The fourth-order valence-electron chi connectivity index (χ4n) is 3.53. The van der Waals surface area contributed by atoms with E-state index >= 15 is 0 Å². The molecule has 2 aromatic rings. The van der Waals surface area contributed by atoms with Crippen LogP contribution in [-0.4, -0.2) is 54.4 Å². The van der Waals surface area contributed by atoms with Crippen LogP contribution in [0.3, 0.4) is 0 Å². The Kier molecular flexibility index (Phi) is 6.78. The molecule has 1 saturated carbocycles. The molecule has 0 spiro atoms. The molecule has 0 aliphatic heterocycles. The van der Waals surface area contributed by atoms with Crippen LogP contribution in [0.4, 0.5) is 0 Å². The fourth-order valence-corrected chi connectivity index (χ4v) is 4.24. The maximum Gasteiger partial charge on any atom is 0.191 e. The number of benzene rings is 1. The zero-order valence-corrected chi connectivity index (χ0v) is 18.8. The third-order valence-corrected chi connectivity index (χ3v) is 6.07. The first-order valence-corrected chi connectivity index (χ1v) is 10.7. The molecular weight excluding hydrogens is 416 g/mol. The SMILES string of the molecule is CCNC(=NCC1(c2ccccc2Br)CC1)NCC(c1cnn(C)c1)N(C)C. The van der Waals surface area contributed by atoms with Gasteiger partial charge in [-0.2, -0.15) is 5.10 Å². The Bertz CT molecular complexity index is 809. The molecule has 0 bridgehead atoms. The molecule has 28 heavy (non-hydrogen) atoms. The molecule has 1 aromatic carbocycles. The first-order valence-electron chi connectivity index (χ1n) is 9.87. The van der Waals surface area contributed by atoms with Crippen molar-refractivity contribution in [3.05, 3.63) is 52.3 Å². The van der Waals surface area contributed by atoms with E-state index in [4.69, 9.17) is 4.99 Å². The summed E-state index contributed by atoms with van der Waals surface area (Å²) in [4.78, 5) is 7.13. The summed E-state index contributed by atoms with van der Waals surface area (Å²) in [5.41, 5.74) is 2.74. The number of aliphatic imine (C=N–C) groups is 1. The van der Waals surface area contributed by atoms with Gasteiger partial charge in [0, 0.05) is 41.8 Å². The van der Waals surface area contributed by atoms with E-state index in [0.717, 1.165) is 25.6 Å². The summed E-state index contributed by atoms with van der Waals surface area (Å²) in [5, 5.41) is 11.2. The summed E-state index contributed by atoms with van der Waals surface area (Å²) in [6.45, 7) is 4.51. The Morgan fingerprint density at radius 1 is 1.32 bits per heavy atom. The standard InChI is InChI=1S/C21H31BrN6/c1-5-23-20(24-13-19(27(2)3)16-12-26-28(4)14-16)25-15-21(10-11-21)17-8-6-7-9-18(17)22/h6-9,12,14,19H,5,10-11,13,15H2,1-4H3,(H2,23,24,25). The Labute approximate surface area is 176 Å². The Hall–Kier alpha value is -1.86. The van der Waals surface area contributed by atoms with E-state index in [1.165, 1.54) is 28.4 Å². The third kappa shape index (κ3) is 4.94. The highest BCUT2D eigenvalue weighted by molar-refractivity contribution is 9.10. The highest BCUT2D eigenvalue weighted by atomic mass is 79.9. The lowest BCUT2D eigenvalue weighted by molar-refractivity contribution is 0.298. The van der Waals surface area contributed by atoms with Crippen molar-refractivity contribution in [1.82, 2.24) is 25.3 Å². The van der Waals surface area contributed by atoms with Crippen molar-refractivity contribution < 1.29 is 0 Å². The lowest BCUT2D eigenvalue weighted by Gasteiger charge is -2.25. The van der Waals surface area contributed by atoms with Gasteiger partial charge in [-0.25, -0.2) is 0 Å². The fraction of sp³-hybridized carbons (Fsp3) is 0.524. The lowest BCUT2D eigenvalue weighted by Crippen LogP contribution is -2.42. The van der Waals surface area contributed by atoms with Crippen molar-refractivity contribution in [1.29, 1.82) is 0 Å². The van der Waals surface area contributed by atoms with Crippen LogP contribution < -0.4 is 10.6 Å². The molecule has 6 nitrogen and oxygen atoms in total. The van der Waals surface area contributed by atoms with E-state index < -0.39 is 0 Å². The van der Waals surface area contributed by atoms with E-state index in [-0.39, 0.29) is 11.5 Å². The number of nitrogens with one attached hydrogen (secondary N) is 2. The smallest absolute Gasteiger partial charge is 0.191 e. The average molecular weight is 447 g/mol. The molecule has 0 amide bonds. The van der Waals surface area contributed by atoms with Crippen LogP contribution in [0.5, 0.6) is 0 Å². The maximum atomic E-state index is 4.93. The highest BCUT2D eigenvalue weighted by Crippen LogP contribution is 2.50. The molecule has 1 aliphatic rings. The normalized spacial score (nSPS) is 16.9. The minimum atomic E-state index is 0.173. The van der Waals surface area contributed by atoms with Gasteiger partial charge in [0.2, 0.25) is 0 Å². The van der Waals surface area contributed by atoms with E-state index in [2.05, 4.69) is 88.0 Å². The molecule has 1 fully saturated rings. The summed E-state index contributed by atoms with van der Waals surface area (Å²) in [7, 11) is 6.14. The number of hydrogen-bond acceptors (Lipinski definition) is 3. The molecule has 152 valence electrons. The number of nitrogens with zero attached hydrogens (tertiary/aromatic N) is 4. The summed E-state index contributed by atoms with van der Waals surface area (Å²) in [6.07, 6.45) is 6.38. The number of hydrogen-bond donors (Lipinski definition) is 2. The van der Waals surface area contributed by atoms with Crippen LogP contribution in [0.15, 0.2) is 46.1 Å². The van der Waals surface area contributed by atoms with Gasteiger partial charge in [0.05, 0.1) is 18.8 Å². The van der Waals surface area contributed by atoms with Gasteiger partial charge in [0.25, 0.3) is 0 Å². The van der Waals surface area contributed by atoms with Crippen LogP contribution in [0.25, 0.3) is 0 Å². The van der Waals surface area contributed by atoms with Gasteiger partial charge in [0.1, 0.15) is 0 Å². The van der Waals surface area contributed by atoms with Crippen molar-refractivity contribution >= 4 is 21.9 Å². The first-order chi connectivity index (χ1) is 13.4. The second kappa shape index (κ2) is 9.09. The Morgan fingerprint density at radius 2 is 2.07 bits per heavy atom. The van der Waals surface area contributed by atoms with Crippen LogP contribution in [-0.2, 0) is 12.5 Å². The molecule has 2 N–H and O–H groups in total. The molecule has 7 heteroatoms. The van der Waals surface area contributed by atoms with Crippen LogP contribution in [0.2, 0.25) is 0 Å². The van der Waals surface area contributed by atoms with Crippen molar-refractivity contribution in [2.45, 2.75) is 31.2 Å². The number of aromatic nitrogens is 2. The second-order valence-corrected chi connectivity index (χ2v) is 8.62. The molecule has 0 radical (unpaired) electrons. The van der Waals surface area contributed by atoms with Crippen molar-refractivity contribution in [3.63, 3.8) is 0 Å². The van der Waals surface area contributed by atoms with Gasteiger partial charge in [-0.15, -0.1) is 0 Å². The van der Waals surface area contributed by atoms with Gasteiger partial charge in [0.15, 0.2) is 5.96 Å². The molecule has 1 heterocycles. The number of likely N-dealkylation sites (N-methyl/N-ethyl adjacent to an activating group) is 1. The van der Waals surface area contributed by atoms with Gasteiger partial charge in [-0.05, 0) is 45.5 Å². The van der Waals surface area contributed by atoms with Crippen LogP contribution >= 0.6 is 15.9 Å². The molecular formula is C21H31BrN6. The average Bonchev–Trinajstić information content (AvgIpc) is 3.33.